The number of nitrogens with zero attached hydrogens (tertiary/aromatic N) is 1. The zero-order valence-corrected chi connectivity index (χ0v) is 14.5. The van der Waals surface area contributed by atoms with Crippen molar-refractivity contribution in [2.75, 3.05) is 26.8 Å². The second-order valence-electron chi connectivity index (χ2n) is 6.17. The van der Waals surface area contributed by atoms with E-state index >= 15 is 0 Å². The van der Waals surface area contributed by atoms with Crippen LogP contribution in [0.25, 0.3) is 0 Å². The molecule has 1 aliphatic rings. The zero-order chi connectivity index (χ0) is 17.4. The molecule has 1 aliphatic heterocycles. The molecule has 0 aromatic rings. The molecular formula is C16H28N2O5. The number of carbonyl (C=O) groups is 3. The van der Waals surface area contributed by atoms with Gasteiger partial charge in [-0.3, -0.25) is 4.79 Å². The highest BCUT2D eigenvalue weighted by atomic mass is 16.5. The summed E-state index contributed by atoms with van der Waals surface area (Å²) in [5.74, 6) is -0.520. The topological polar surface area (TPSA) is 84.9 Å². The van der Waals surface area contributed by atoms with Crippen LogP contribution in [0, 0.1) is 11.8 Å². The van der Waals surface area contributed by atoms with Crippen LogP contribution in [0.15, 0.2) is 0 Å². The maximum atomic E-state index is 12.3. The van der Waals surface area contributed by atoms with Crippen LogP contribution in [-0.2, 0) is 19.1 Å². The van der Waals surface area contributed by atoms with E-state index in [-0.39, 0.29) is 23.8 Å². The number of nitrogens with one attached hydrogen (secondary N) is 1. The Morgan fingerprint density at radius 2 is 1.83 bits per heavy atom. The molecule has 0 aromatic heterocycles. The van der Waals surface area contributed by atoms with Gasteiger partial charge in [-0.2, -0.15) is 0 Å². The van der Waals surface area contributed by atoms with E-state index in [0.717, 1.165) is 0 Å². The second-order valence-corrected chi connectivity index (χ2v) is 6.17. The van der Waals surface area contributed by atoms with Gasteiger partial charge in [-0.05, 0) is 32.1 Å². The first-order valence-corrected chi connectivity index (χ1v) is 8.18. The Bertz CT molecular complexity index is 417. The van der Waals surface area contributed by atoms with Gasteiger partial charge >= 0.3 is 18.0 Å². The van der Waals surface area contributed by atoms with E-state index in [2.05, 4.69) is 5.32 Å². The quantitative estimate of drug-likeness (QED) is 0.748. The van der Waals surface area contributed by atoms with E-state index in [1.54, 1.807) is 11.8 Å². The van der Waals surface area contributed by atoms with Gasteiger partial charge in [0, 0.05) is 13.1 Å². The normalized spacial score (nSPS) is 16.8. The molecule has 1 rings (SSSR count). The minimum Gasteiger partial charge on any atom is -0.467 e. The van der Waals surface area contributed by atoms with Gasteiger partial charge in [0.1, 0.15) is 6.04 Å². The van der Waals surface area contributed by atoms with Gasteiger partial charge in [-0.25, -0.2) is 9.59 Å². The average Bonchev–Trinajstić information content (AvgIpc) is 2.53. The molecule has 0 aliphatic carbocycles. The second kappa shape index (κ2) is 9.37. The van der Waals surface area contributed by atoms with Gasteiger partial charge in [0.25, 0.3) is 0 Å². The first-order valence-electron chi connectivity index (χ1n) is 8.18. The van der Waals surface area contributed by atoms with Crippen LogP contribution in [0.3, 0.4) is 0 Å². The molecule has 1 heterocycles. The van der Waals surface area contributed by atoms with Crippen molar-refractivity contribution in [2.45, 2.75) is 46.1 Å². The maximum absolute atomic E-state index is 12.3. The monoisotopic (exact) mass is 328 g/mol. The molecule has 0 saturated carbocycles. The Hall–Kier alpha value is -1.79. The third-order valence-corrected chi connectivity index (χ3v) is 3.89. The Labute approximate surface area is 137 Å². The fourth-order valence-corrected chi connectivity index (χ4v) is 2.65. The number of likely N-dealkylation sites (tertiary alicyclic amines) is 1. The molecule has 0 bridgehead atoms. The number of ether oxygens (including phenoxy) is 2. The summed E-state index contributed by atoms with van der Waals surface area (Å²) in [7, 11) is 1.31. The predicted molar refractivity (Wildman–Crippen MR) is 84.7 cm³/mol. The molecular weight excluding hydrogens is 300 g/mol. The van der Waals surface area contributed by atoms with Crippen molar-refractivity contribution in [1.82, 2.24) is 10.2 Å². The SMILES string of the molecule is CCOC(=O)C1CCN(C(=O)N[C@@H](CC(C)C)C(=O)OC)CC1. The fraction of sp³-hybridized carbons (Fsp3) is 0.812. The summed E-state index contributed by atoms with van der Waals surface area (Å²) >= 11 is 0. The van der Waals surface area contributed by atoms with Crippen LogP contribution >= 0.6 is 0 Å². The Morgan fingerprint density at radius 3 is 2.30 bits per heavy atom. The van der Waals surface area contributed by atoms with Crippen molar-refractivity contribution in [3.63, 3.8) is 0 Å². The Morgan fingerprint density at radius 1 is 1.22 bits per heavy atom. The molecule has 1 fully saturated rings. The van der Waals surface area contributed by atoms with Gasteiger partial charge in [-0.1, -0.05) is 13.8 Å². The highest BCUT2D eigenvalue weighted by Gasteiger charge is 2.30. The molecule has 2 amide bonds. The van der Waals surface area contributed by atoms with Gasteiger partial charge in [0.15, 0.2) is 0 Å². The molecule has 23 heavy (non-hydrogen) atoms. The molecule has 7 nitrogen and oxygen atoms in total. The first kappa shape index (κ1) is 19.3. The van der Waals surface area contributed by atoms with Crippen LogP contribution in [0.1, 0.15) is 40.0 Å². The standard InChI is InChI=1S/C16H28N2O5/c1-5-23-14(19)12-6-8-18(9-7-12)16(21)17-13(10-11(2)3)15(20)22-4/h11-13H,5-10H2,1-4H3,(H,17,21)/t13-/m0/s1. The molecule has 0 radical (unpaired) electrons. The predicted octanol–water partition coefficient (Wildman–Crippen LogP) is 1.56. The highest BCUT2D eigenvalue weighted by Crippen LogP contribution is 2.19. The molecule has 1 saturated heterocycles. The number of methoxy groups -OCH3 is 1. The van der Waals surface area contributed by atoms with E-state index in [4.69, 9.17) is 9.47 Å². The van der Waals surface area contributed by atoms with Crippen molar-refractivity contribution in [3.8, 4) is 0 Å². The van der Waals surface area contributed by atoms with E-state index in [1.807, 2.05) is 13.8 Å². The van der Waals surface area contributed by atoms with Gasteiger partial charge < -0.3 is 19.7 Å². The third kappa shape index (κ3) is 6.08. The number of urea groups is 1. The van der Waals surface area contributed by atoms with Crippen LogP contribution in [0.5, 0.6) is 0 Å². The van der Waals surface area contributed by atoms with Crippen molar-refractivity contribution in [3.05, 3.63) is 0 Å². The van der Waals surface area contributed by atoms with E-state index < -0.39 is 12.0 Å². The third-order valence-electron chi connectivity index (χ3n) is 3.89. The van der Waals surface area contributed by atoms with Crippen molar-refractivity contribution >= 4 is 18.0 Å². The fourth-order valence-electron chi connectivity index (χ4n) is 2.65. The minimum atomic E-state index is -0.643. The number of piperidine rings is 1. The molecule has 1 N–H and O–H groups in total. The van der Waals surface area contributed by atoms with Crippen molar-refractivity contribution in [2.24, 2.45) is 11.8 Å². The van der Waals surface area contributed by atoms with E-state index in [1.165, 1.54) is 7.11 Å². The number of hydrogen-bond donors (Lipinski definition) is 1. The van der Waals surface area contributed by atoms with Crippen LogP contribution in [0.4, 0.5) is 4.79 Å². The number of amides is 2. The number of hydrogen-bond acceptors (Lipinski definition) is 5. The molecule has 132 valence electrons. The maximum Gasteiger partial charge on any atom is 0.328 e. The lowest BCUT2D eigenvalue weighted by Gasteiger charge is -2.32. The summed E-state index contributed by atoms with van der Waals surface area (Å²) in [4.78, 5) is 37.4. The number of esters is 2. The van der Waals surface area contributed by atoms with Crippen LogP contribution in [0.2, 0.25) is 0 Å². The minimum absolute atomic E-state index is 0.147. The summed E-state index contributed by atoms with van der Waals surface area (Å²) in [6, 6.07) is -0.932. The van der Waals surface area contributed by atoms with Crippen molar-refractivity contribution < 1.29 is 23.9 Å². The first-order chi connectivity index (χ1) is 10.9. The van der Waals surface area contributed by atoms with E-state index in [0.29, 0.717) is 39.0 Å². The molecule has 1 atom stereocenters. The Kier molecular flexibility index (Phi) is 7.85. The highest BCUT2D eigenvalue weighted by molar-refractivity contribution is 5.83. The summed E-state index contributed by atoms with van der Waals surface area (Å²) in [6.07, 6.45) is 1.69. The lowest BCUT2D eigenvalue weighted by atomic mass is 9.97. The molecule has 0 spiro atoms. The summed E-state index contributed by atoms with van der Waals surface area (Å²) in [6.45, 7) is 7.06. The Balaban J connectivity index is 2.51. The molecule has 0 unspecified atom stereocenters. The number of rotatable bonds is 6. The van der Waals surface area contributed by atoms with Gasteiger partial charge in [-0.15, -0.1) is 0 Å². The molecule has 7 heteroatoms. The van der Waals surface area contributed by atoms with Crippen LogP contribution < -0.4 is 5.32 Å². The smallest absolute Gasteiger partial charge is 0.328 e. The van der Waals surface area contributed by atoms with Gasteiger partial charge in [0.05, 0.1) is 19.6 Å². The lowest BCUT2D eigenvalue weighted by molar-refractivity contribution is -0.149. The van der Waals surface area contributed by atoms with E-state index in [9.17, 15) is 14.4 Å². The van der Waals surface area contributed by atoms with Gasteiger partial charge in [0.2, 0.25) is 0 Å². The summed E-state index contributed by atoms with van der Waals surface area (Å²) in [5.41, 5.74) is 0. The summed E-state index contributed by atoms with van der Waals surface area (Å²) in [5, 5.41) is 2.73. The van der Waals surface area contributed by atoms with Crippen LogP contribution in [-0.4, -0.2) is 55.7 Å². The zero-order valence-electron chi connectivity index (χ0n) is 14.5. The lowest BCUT2D eigenvalue weighted by Crippen LogP contribution is -2.51. The summed E-state index contributed by atoms with van der Waals surface area (Å²) < 4.78 is 9.76. The van der Waals surface area contributed by atoms with Crippen molar-refractivity contribution in [1.29, 1.82) is 0 Å². The number of carbonyl (C=O) groups excluding carboxylic acids is 3. The average molecular weight is 328 g/mol. The molecule has 0 aromatic carbocycles. The largest absolute Gasteiger partial charge is 0.467 e.